The Bertz CT molecular complexity index is 715. The molecule has 0 unspecified atom stereocenters. The number of hydrogen-bond acceptors (Lipinski definition) is 4. The lowest BCUT2D eigenvalue weighted by atomic mass is 10.1. The Morgan fingerprint density at radius 1 is 0.846 bits per heavy atom. The van der Waals surface area contributed by atoms with Crippen molar-refractivity contribution in [1.82, 2.24) is 5.32 Å². The largest absolute Gasteiger partial charge is 0.493 e. The minimum absolute atomic E-state index is 0.134. The van der Waals surface area contributed by atoms with Gasteiger partial charge in [0.1, 0.15) is 5.75 Å². The predicted octanol–water partition coefficient (Wildman–Crippen LogP) is 3.86. The van der Waals surface area contributed by atoms with Crippen molar-refractivity contribution in [2.24, 2.45) is 0 Å². The molecule has 0 aliphatic rings. The van der Waals surface area contributed by atoms with Crippen molar-refractivity contribution >= 4 is 5.91 Å². The molecule has 0 saturated heterocycles. The van der Waals surface area contributed by atoms with E-state index in [0.29, 0.717) is 44.1 Å². The minimum Gasteiger partial charge on any atom is -0.493 e. The molecule has 0 saturated carbocycles. The maximum Gasteiger partial charge on any atom is 0.255 e. The van der Waals surface area contributed by atoms with Crippen LogP contribution >= 0.6 is 0 Å². The number of para-hydroxylation sites is 1. The lowest BCUT2D eigenvalue weighted by Crippen LogP contribution is -2.26. The van der Waals surface area contributed by atoms with Gasteiger partial charge in [-0.3, -0.25) is 4.79 Å². The van der Waals surface area contributed by atoms with Crippen molar-refractivity contribution in [3.8, 4) is 17.2 Å². The highest BCUT2D eigenvalue weighted by molar-refractivity contribution is 5.96. The molecule has 0 fully saturated rings. The second-order valence-corrected chi connectivity index (χ2v) is 5.58. The van der Waals surface area contributed by atoms with Gasteiger partial charge < -0.3 is 19.5 Å². The van der Waals surface area contributed by atoms with E-state index in [-0.39, 0.29) is 5.91 Å². The van der Waals surface area contributed by atoms with Crippen LogP contribution in [-0.4, -0.2) is 32.3 Å². The Balaban J connectivity index is 1.97. The molecule has 2 rings (SSSR count). The molecular weight excluding hydrogens is 330 g/mol. The standard InChI is InChI=1S/C21H27NO4/c1-4-24-18-10-8-7-9-17(18)21(23)22-14-13-16-11-12-19(25-5-2)20(15-16)26-6-3/h7-12,15H,4-6,13-14H2,1-3H3,(H,22,23). The average Bonchev–Trinajstić information content (AvgIpc) is 2.65. The Morgan fingerprint density at radius 3 is 2.23 bits per heavy atom. The summed E-state index contributed by atoms with van der Waals surface area (Å²) in [7, 11) is 0. The summed E-state index contributed by atoms with van der Waals surface area (Å²) < 4.78 is 16.7. The average molecular weight is 357 g/mol. The highest BCUT2D eigenvalue weighted by Crippen LogP contribution is 2.28. The summed E-state index contributed by atoms with van der Waals surface area (Å²) in [6.45, 7) is 8.01. The lowest BCUT2D eigenvalue weighted by Gasteiger charge is -2.13. The smallest absolute Gasteiger partial charge is 0.255 e. The molecule has 0 atom stereocenters. The van der Waals surface area contributed by atoms with Crippen LogP contribution in [0.4, 0.5) is 0 Å². The van der Waals surface area contributed by atoms with Crippen LogP contribution in [-0.2, 0) is 6.42 Å². The zero-order valence-electron chi connectivity index (χ0n) is 15.7. The van der Waals surface area contributed by atoms with Gasteiger partial charge in [0.2, 0.25) is 0 Å². The van der Waals surface area contributed by atoms with E-state index < -0.39 is 0 Å². The van der Waals surface area contributed by atoms with Gasteiger partial charge in [-0.15, -0.1) is 0 Å². The van der Waals surface area contributed by atoms with Crippen LogP contribution < -0.4 is 19.5 Å². The third-order valence-electron chi connectivity index (χ3n) is 3.74. The Kier molecular flexibility index (Phi) is 7.80. The molecule has 1 N–H and O–H groups in total. The maximum absolute atomic E-state index is 12.4. The molecule has 0 aliphatic heterocycles. The molecule has 2 aromatic rings. The van der Waals surface area contributed by atoms with Gasteiger partial charge in [-0.1, -0.05) is 18.2 Å². The molecule has 0 aromatic heterocycles. The molecule has 140 valence electrons. The van der Waals surface area contributed by atoms with Crippen LogP contribution in [0.1, 0.15) is 36.7 Å². The highest BCUT2D eigenvalue weighted by Gasteiger charge is 2.11. The van der Waals surface area contributed by atoms with E-state index in [1.165, 1.54) is 0 Å². The van der Waals surface area contributed by atoms with Gasteiger partial charge in [0.25, 0.3) is 5.91 Å². The van der Waals surface area contributed by atoms with Crippen LogP contribution in [0.25, 0.3) is 0 Å². The normalized spacial score (nSPS) is 10.3. The first-order valence-electron chi connectivity index (χ1n) is 9.08. The van der Waals surface area contributed by atoms with Crippen LogP contribution in [0, 0.1) is 0 Å². The zero-order valence-corrected chi connectivity index (χ0v) is 15.7. The van der Waals surface area contributed by atoms with E-state index in [1.54, 1.807) is 12.1 Å². The summed E-state index contributed by atoms with van der Waals surface area (Å²) in [6.07, 6.45) is 0.703. The fourth-order valence-electron chi connectivity index (χ4n) is 2.60. The number of hydrogen-bond donors (Lipinski definition) is 1. The Labute approximate surface area is 155 Å². The number of amides is 1. The predicted molar refractivity (Wildman–Crippen MR) is 102 cm³/mol. The molecule has 0 aliphatic carbocycles. The topological polar surface area (TPSA) is 56.8 Å². The zero-order chi connectivity index (χ0) is 18.8. The number of nitrogens with one attached hydrogen (secondary N) is 1. The molecular formula is C21H27NO4. The number of ether oxygens (including phenoxy) is 3. The highest BCUT2D eigenvalue weighted by atomic mass is 16.5. The van der Waals surface area contributed by atoms with E-state index in [4.69, 9.17) is 14.2 Å². The summed E-state index contributed by atoms with van der Waals surface area (Å²) in [6, 6.07) is 13.1. The van der Waals surface area contributed by atoms with Crippen LogP contribution in [0.15, 0.2) is 42.5 Å². The molecule has 1 amide bonds. The van der Waals surface area contributed by atoms with Gasteiger partial charge in [0.05, 0.1) is 25.4 Å². The quantitative estimate of drug-likeness (QED) is 0.702. The fraction of sp³-hybridized carbons (Fsp3) is 0.381. The first kappa shape index (κ1) is 19.6. The first-order chi connectivity index (χ1) is 12.7. The summed E-state index contributed by atoms with van der Waals surface area (Å²) in [5, 5.41) is 2.95. The number of rotatable bonds is 10. The number of benzene rings is 2. The maximum atomic E-state index is 12.4. The van der Waals surface area contributed by atoms with Crippen LogP contribution in [0.2, 0.25) is 0 Å². The van der Waals surface area contributed by atoms with Gasteiger partial charge in [-0.25, -0.2) is 0 Å². The van der Waals surface area contributed by atoms with E-state index >= 15 is 0 Å². The van der Waals surface area contributed by atoms with Gasteiger partial charge in [0.15, 0.2) is 11.5 Å². The van der Waals surface area contributed by atoms with E-state index in [0.717, 1.165) is 17.1 Å². The van der Waals surface area contributed by atoms with E-state index in [2.05, 4.69) is 5.32 Å². The molecule has 0 spiro atoms. The third kappa shape index (κ3) is 5.41. The summed E-state index contributed by atoms with van der Waals surface area (Å²) in [4.78, 5) is 12.4. The van der Waals surface area contributed by atoms with E-state index in [9.17, 15) is 4.79 Å². The summed E-state index contributed by atoms with van der Waals surface area (Å²) >= 11 is 0. The number of carbonyl (C=O) groups excluding carboxylic acids is 1. The van der Waals surface area contributed by atoms with Gasteiger partial charge >= 0.3 is 0 Å². The van der Waals surface area contributed by atoms with Crippen molar-refractivity contribution in [3.63, 3.8) is 0 Å². The summed E-state index contributed by atoms with van der Waals surface area (Å²) in [5.41, 5.74) is 1.63. The molecule has 2 aromatic carbocycles. The van der Waals surface area contributed by atoms with Crippen LogP contribution in [0.3, 0.4) is 0 Å². The van der Waals surface area contributed by atoms with E-state index in [1.807, 2.05) is 51.1 Å². The molecule has 26 heavy (non-hydrogen) atoms. The molecule has 5 nitrogen and oxygen atoms in total. The molecule has 0 heterocycles. The SMILES string of the molecule is CCOc1ccc(CCNC(=O)c2ccccc2OCC)cc1OCC. The Hall–Kier alpha value is -2.69. The van der Waals surface area contributed by atoms with Crippen LogP contribution in [0.5, 0.6) is 17.2 Å². The third-order valence-corrected chi connectivity index (χ3v) is 3.74. The van der Waals surface area contributed by atoms with Crippen molar-refractivity contribution in [2.75, 3.05) is 26.4 Å². The second-order valence-electron chi connectivity index (χ2n) is 5.58. The molecule has 0 bridgehead atoms. The summed E-state index contributed by atoms with van der Waals surface area (Å²) in [5.74, 6) is 1.95. The van der Waals surface area contributed by atoms with Crippen molar-refractivity contribution < 1.29 is 19.0 Å². The van der Waals surface area contributed by atoms with Gasteiger partial charge in [-0.05, 0) is 57.0 Å². The lowest BCUT2D eigenvalue weighted by molar-refractivity contribution is 0.0950. The number of carbonyl (C=O) groups is 1. The second kappa shape index (κ2) is 10.3. The fourth-order valence-corrected chi connectivity index (χ4v) is 2.60. The minimum atomic E-state index is -0.134. The first-order valence-corrected chi connectivity index (χ1v) is 9.08. The van der Waals surface area contributed by atoms with Crippen molar-refractivity contribution in [1.29, 1.82) is 0 Å². The van der Waals surface area contributed by atoms with Crippen molar-refractivity contribution in [2.45, 2.75) is 27.2 Å². The van der Waals surface area contributed by atoms with Gasteiger partial charge in [0, 0.05) is 6.54 Å². The monoisotopic (exact) mass is 357 g/mol. The van der Waals surface area contributed by atoms with Gasteiger partial charge in [-0.2, -0.15) is 0 Å². The van der Waals surface area contributed by atoms with Crippen molar-refractivity contribution in [3.05, 3.63) is 53.6 Å². The Morgan fingerprint density at radius 2 is 1.50 bits per heavy atom. The molecule has 0 radical (unpaired) electrons. The molecule has 5 heteroatoms.